The molecule has 0 spiro atoms. The third kappa shape index (κ3) is 5.19. The van der Waals surface area contributed by atoms with Crippen molar-refractivity contribution < 1.29 is 9.59 Å². The van der Waals surface area contributed by atoms with E-state index in [0.717, 1.165) is 24.9 Å². The van der Waals surface area contributed by atoms with Crippen molar-refractivity contribution in [3.8, 4) is 0 Å². The van der Waals surface area contributed by atoms with Crippen molar-refractivity contribution in [3.05, 3.63) is 35.4 Å². The molecule has 2 rings (SSSR count). The fourth-order valence-electron chi connectivity index (χ4n) is 1.95. The van der Waals surface area contributed by atoms with Gasteiger partial charge in [0.1, 0.15) is 0 Å². The number of carbonyl (C=O) groups is 2. The van der Waals surface area contributed by atoms with Crippen LogP contribution in [0.1, 0.15) is 28.8 Å². The summed E-state index contributed by atoms with van der Waals surface area (Å²) in [6.07, 6.45) is 2.02. The molecule has 1 aliphatic carbocycles. The van der Waals surface area contributed by atoms with Gasteiger partial charge < -0.3 is 15.5 Å². The summed E-state index contributed by atoms with van der Waals surface area (Å²) in [6, 6.07) is 7.36. The van der Waals surface area contributed by atoms with E-state index in [0.29, 0.717) is 18.7 Å². The SMILES string of the molecule is CN(C)CCNC(=O)c1ccc(CNC(=O)C2CC2)cc1. The number of hydrogen-bond acceptors (Lipinski definition) is 3. The average Bonchev–Trinajstić information content (AvgIpc) is 3.29. The third-order valence-corrected chi connectivity index (χ3v) is 3.48. The fourth-order valence-corrected chi connectivity index (χ4v) is 1.95. The first-order chi connectivity index (χ1) is 10.1. The minimum Gasteiger partial charge on any atom is -0.352 e. The van der Waals surface area contributed by atoms with Crippen LogP contribution < -0.4 is 10.6 Å². The lowest BCUT2D eigenvalue weighted by Crippen LogP contribution is -2.31. The standard InChI is InChI=1S/C16H23N3O2/c1-19(2)10-9-17-15(20)13-5-3-12(4-6-13)11-18-16(21)14-7-8-14/h3-6,14H,7-11H2,1-2H3,(H,17,20)(H,18,21). The lowest BCUT2D eigenvalue weighted by molar-refractivity contribution is -0.122. The Morgan fingerprint density at radius 1 is 1.14 bits per heavy atom. The van der Waals surface area contributed by atoms with Gasteiger partial charge in [-0.25, -0.2) is 0 Å². The molecule has 1 saturated carbocycles. The van der Waals surface area contributed by atoms with Crippen LogP contribution in [0.25, 0.3) is 0 Å². The Hall–Kier alpha value is -1.88. The van der Waals surface area contributed by atoms with Gasteiger partial charge in [0.25, 0.3) is 5.91 Å². The second kappa shape index (κ2) is 7.22. The van der Waals surface area contributed by atoms with Crippen molar-refractivity contribution in [2.24, 2.45) is 5.92 Å². The Balaban J connectivity index is 1.77. The van der Waals surface area contributed by atoms with E-state index in [1.807, 2.05) is 31.1 Å². The highest BCUT2D eigenvalue weighted by Gasteiger charge is 2.29. The molecule has 1 aliphatic rings. The molecule has 114 valence electrons. The smallest absolute Gasteiger partial charge is 0.251 e. The van der Waals surface area contributed by atoms with E-state index in [1.165, 1.54) is 0 Å². The first kappa shape index (κ1) is 15.5. The van der Waals surface area contributed by atoms with E-state index in [2.05, 4.69) is 10.6 Å². The molecule has 0 unspecified atom stereocenters. The lowest BCUT2D eigenvalue weighted by Gasteiger charge is -2.10. The zero-order chi connectivity index (χ0) is 15.2. The number of likely N-dealkylation sites (N-methyl/N-ethyl adjacent to an activating group) is 1. The summed E-state index contributed by atoms with van der Waals surface area (Å²) in [5.74, 6) is 0.303. The van der Waals surface area contributed by atoms with Crippen molar-refractivity contribution in [1.82, 2.24) is 15.5 Å². The van der Waals surface area contributed by atoms with Crippen LogP contribution in [0.4, 0.5) is 0 Å². The van der Waals surface area contributed by atoms with E-state index in [1.54, 1.807) is 12.1 Å². The van der Waals surface area contributed by atoms with Crippen LogP contribution in [0.2, 0.25) is 0 Å². The van der Waals surface area contributed by atoms with Gasteiger partial charge in [-0.05, 0) is 44.6 Å². The van der Waals surface area contributed by atoms with Crippen LogP contribution in [0.5, 0.6) is 0 Å². The van der Waals surface area contributed by atoms with Gasteiger partial charge >= 0.3 is 0 Å². The molecular weight excluding hydrogens is 266 g/mol. The number of amides is 2. The van der Waals surface area contributed by atoms with Gasteiger partial charge in [-0.1, -0.05) is 12.1 Å². The molecule has 2 amide bonds. The van der Waals surface area contributed by atoms with Crippen LogP contribution in [0, 0.1) is 5.92 Å². The summed E-state index contributed by atoms with van der Waals surface area (Å²) < 4.78 is 0. The Morgan fingerprint density at radius 3 is 2.38 bits per heavy atom. The summed E-state index contributed by atoms with van der Waals surface area (Å²) >= 11 is 0. The first-order valence-electron chi connectivity index (χ1n) is 7.36. The normalized spacial score (nSPS) is 14.0. The van der Waals surface area contributed by atoms with Crippen LogP contribution in [0.15, 0.2) is 24.3 Å². The Kier molecular flexibility index (Phi) is 5.33. The molecule has 5 heteroatoms. The highest BCUT2D eigenvalue weighted by atomic mass is 16.2. The second-order valence-electron chi connectivity index (χ2n) is 5.75. The van der Waals surface area contributed by atoms with E-state index in [-0.39, 0.29) is 17.7 Å². The molecule has 0 heterocycles. The average molecular weight is 289 g/mol. The largest absolute Gasteiger partial charge is 0.352 e. The van der Waals surface area contributed by atoms with Gasteiger partial charge in [0.15, 0.2) is 0 Å². The quantitative estimate of drug-likeness (QED) is 0.787. The number of nitrogens with zero attached hydrogens (tertiary/aromatic N) is 1. The lowest BCUT2D eigenvalue weighted by atomic mass is 10.1. The summed E-state index contributed by atoms with van der Waals surface area (Å²) in [6.45, 7) is 1.97. The molecule has 1 aromatic rings. The van der Waals surface area contributed by atoms with Crippen molar-refractivity contribution in [1.29, 1.82) is 0 Å². The first-order valence-corrected chi connectivity index (χ1v) is 7.36. The van der Waals surface area contributed by atoms with Gasteiger partial charge in [0.05, 0.1) is 0 Å². The summed E-state index contributed by atoms with van der Waals surface area (Å²) in [5, 5.41) is 5.78. The van der Waals surface area contributed by atoms with Gasteiger partial charge in [0, 0.05) is 31.1 Å². The van der Waals surface area contributed by atoms with E-state index >= 15 is 0 Å². The fraction of sp³-hybridized carbons (Fsp3) is 0.500. The maximum Gasteiger partial charge on any atom is 0.251 e. The monoisotopic (exact) mass is 289 g/mol. The van der Waals surface area contributed by atoms with E-state index in [4.69, 9.17) is 0 Å². The molecule has 1 fully saturated rings. The minimum atomic E-state index is -0.0644. The zero-order valence-electron chi connectivity index (χ0n) is 12.7. The highest BCUT2D eigenvalue weighted by Crippen LogP contribution is 2.28. The number of nitrogens with one attached hydrogen (secondary N) is 2. The Bertz CT molecular complexity index is 493. The summed E-state index contributed by atoms with van der Waals surface area (Å²) in [7, 11) is 3.94. The molecule has 21 heavy (non-hydrogen) atoms. The summed E-state index contributed by atoms with van der Waals surface area (Å²) in [5.41, 5.74) is 1.65. The molecule has 0 aromatic heterocycles. The molecule has 1 aromatic carbocycles. The van der Waals surface area contributed by atoms with Gasteiger partial charge in [-0.15, -0.1) is 0 Å². The molecule has 5 nitrogen and oxygen atoms in total. The number of benzene rings is 1. The van der Waals surface area contributed by atoms with Crippen molar-refractivity contribution in [3.63, 3.8) is 0 Å². The predicted molar refractivity (Wildman–Crippen MR) is 81.9 cm³/mol. The summed E-state index contributed by atoms with van der Waals surface area (Å²) in [4.78, 5) is 25.5. The molecule has 2 N–H and O–H groups in total. The molecule has 0 bridgehead atoms. The van der Waals surface area contributed by atoms with Crippen molar-refractivity contribution in [2.45, 2.75) is 19.4 Å². The Morgan fingerprint density at radius 2 is 1.81 bits per heavy atom. The molecule has 0 atom stereocenters. The predicted octanol–water partition coefficient (Wildman–Crippen LogP) is 1.00. The highest BCUT2D eigenvalue weighted by molar-refractivity contribution is 5.94. The number of hydrogen-bond donors (Lipinski definition) is 2. The van der Waals surface area contributed by atoms with Crippen LogP contribution in [0.3, 0.4) is 0 Å². The van der Waals surface area contributed by atoms with Gasteiger partial charge in [-0.2, -0.15) is 0 Å². The molecule has 0 aliphatic heterocycles. The van der Waals surface area contributed by atoms with Crippen LogP contribution >= 0.6 is 0 Å². The number of rotatable bonds is 7. The minimum absolute atomic E-state index is 0.0644. The van der Waals surface area contributed by atoms with Crippen molar-refractivity contribution >= 4 is 11.8 Å². The molecular formula is C16H23N3O2. The maximum atomic E-state index is 11.9. The topological polar surface area (TPSA) is 61.4 Å². The zero-order valence-corrected chi connectivity index (χ0v) is 12.7. The number of carbonyl (C=O) groups excluding carboxylic acids is 2. The Labute approximate surface area is 125 Å². The third-order valence-electron chi connectivity index (χ3n) is 3.48. The maximum absolute atomic E-state index is 11.9. The van der Waals surface area contributed by atoms with Crippen LogP contribution in [-0.4, -0.2) is 43.9 Å². The molecule has 0 radical (unpaired) electrons. The van der Waals surface area contributed by atoms with E-state index in [9.17, 15) is 9.59 Å². The van der Waals surface area contributed by atoms with E-state index < -0.39 is 0 Å². The van der Waals surface area contributed by atoms with Gasteiger partial charge in [-0.3, -0.25) is 9.59 Å². The van der Waals surface area contributed by atoms with Crippen molar-refractivity contribution in [2.75, 3.05) is 27.2 Å². The molecule has 0 saturated heterocycles. The van der Waals surface area contributed by atoms with Gasteiger partial charge in [0.2, 0.25) is 5.91 Å². The van der Waals surface area contributed by atoms with Crippen LogP contribution in [-0.2, 0) is 11.3 Å². The second-order valence-corrected chi connectivity index (χ2v) is 5.75.